The van der Waals surface area contributed by atoms with E-state index >= 15 is 0 Å². The van der Waals surface area contributed by atoms with E-state index in [0.29, 0.717) is 19.3 Å². The van der Waals surface area contributed by atoms with Crippen LogP contribution in [0.5, 0.6) is 0 Å². The van der Waals surface area contributed by atoms with Crippen molar-refractivity contribution in [2.45, 2.75) is 225 Å². The van der Waals surface area contributed by atoms with Gasteiger partial charge >= 0.3 is 5.97 Å². The topological polar surface area (TPSA) is 95.9 Å². The zero-order valence-corrected chi connectivity index (χ0v) is 34.2. The summed E-state index contributed by atoms with van der Waals surface area (Å²) >= 11 is 0. The van der Waals surface area contributed by atoms with Crippen LogP contribution in [-0.4, -0.2) is 46.9 Å². The molecular formula is C46H83NO5. The molecule has 0 aromatic heterocycles. The highest BCUT2D eigenvalue weighted by molar-refractivity contribution is 5.77. The van der Waals surface area contributed by atoms with Crippen LogP contribution in [0.4, 0.5) is 0 Å². The fourth-order valence-corrected chi connectivity index (χ4v) is 6.44. The van der Waals surface area contributed by atoms with Crippen LogP contribution in [0.1, 0.15) is 207 Å². The number of hydrogen-bond donors (Lipinski definition) is 3. The van der Waals surface area contributed by atoms with Gasteiger partial charge in [0, 0.05) is 6.42 Å². The molecule has 0 bridgehead atoms. The second-order valence-electron chi connectivity index (χ2n) is 14.8. The van der Waals surface area contributed by atoms with Crippen LogP contribution >= 0.6 is 0 Å². The van der Waals surface area contributed by atoms with Gasteiger partial charge in [-0.15, -0.1) is 0 Å². The molecule has 0 aromatic rings. The van der Waals surface area contributed by atoms with Crippen molar-refractivity contribution in [1.29, 1.82) is 0 Å². The Bertz CT molecular complexity index is 910. The molecule has 0 aromatic carbocycles. The minimum Gasteiger partial charge on any atom is -0.462 e. The highest BCUT2D eigenvalue weighted by Gasteiger charge is 2.24. The number of rotatable bonds is 38. The van der Waals surface area contributed by atoms with Gasteiger partial charge in [0.2, 0.25) is 5.91 Å². The van der Waals surface area contributed by atoms with Gasteiger partial charge < -0.3 is 20.3 Å². The van der Waals surface area contributed by atoms with Crippen molar-refractivity contribution in [2.75, 3.05) is 6.61 Å². The quantitative estimate of drug-likeness (QED) is 0.0334. The molecule has 3 unspecified atom stereocenters. The minimum absolute atomic E-state index is 0.0614. The van der Waals surface area contributed by atoms with Crippen LogP contribution in [-0.2, 0) is 14.3 Å². The molecule has 0 rings (SSSR count). The number of aliphatic hydroxyl groups is 2. The zero-order valence-electron chi connectivity index (χ0n) is 34.2. The summed E-state index contributed by atoms with van der Waals surface area (Å²) in [5.74, 6) is -0.526. The Balaban J connectivity index is 4.51. The van der Waals surface area contributed by atoms with Gasteiger partial charge in [-0.05, 0) is 44.9 Å². The lowest BCUT2D eigenvalue weighted by Crippen LogP contribution is -2.46. The van der Waals surface area contributed by atoms with Gasteiger partial charge in [0.05, 0.1) is 25.2 Å². The number of ether oxygens (including phenoxy) is 1. The molecule has 52 heavy (non-hydrogen) atoms. The van der Waals surface area contributed by atoms with Crippen LogP contribution in [0.25, 0.3) is 0 Å². The molecule has 0 aliphatic carbocycles. The van der Waals surface area contributed by atoms with Crippen molar-refractivity contribution in [3.63, 3.8) is 0 Å². The van der Waals surface area contributed by atoms with Crippen LogP contribution in [0.15, 0.2) is 48.6 Å². The average Bonchev–Trinajstić information content (AvgIpc) is 3.13. The number of carbonyl (C=O) groups excluding carboxylic acids is 2. The van der Waals surface area contributed by atoms with Crippen LogP contribution in [0.3, 0.4) is 0 Å². The van der Waals surface area contributed by atoms with Crippen molar-refractivity contribution < 1.29 is 24.5 Å². The molecule has 0 heterocycles. The second kappa shape index (κ2) is 40.0. The molecule has 3 N–H and O–H groups in total. The summed E-state index contributed by atoms with van der Waals surface area (Å²) in [6.45, 7) is 6.28. The molecule has 0 aliphatic rings. The second-order valence-corrected chi connectivity index (χ2v) is 14.8. The third-order valence-electron chi connectivity index (χ3n) is 9.77. The third kappa shape index (κ3) is 34.9. The number of esters is 1. The molecular weight excluding hydrogens is 647 g/mol. The first kappa shape index (κ1) is 49.8. The number of allylic oxidation sites excluding steroid dienone is 8. The van der Waals surface area contributed by atoms with Gasteiger partial charge in [-0.3, -0.25) is 9.59 Å². The van der Waals surface area contributed by atoms with Gasteiger partial charge in [-0.2, -0.15) is 0 Å². The Morgan fingerprint density at radius 1 is 0.577 bits per heavy atom. The van der Waals surface area contributed by atoms with Crippen molar-refractivity contribution in [1.82, 2.24) is 5.32 Å². The molecule has 0 saturated heterocycles. The summed E-state index contributed by atoms with van der Waals surface area (Å²) in [6, 6.07) is -0.705. The van der Waals surface area contributed by atoms with E-state index in [0.717, 1.165) is 70.6 Å². The SMILES string of the molecule is CC/C=C/C=C/C=C\C=C/CCCCCC(=O)OC(CCCCCCCCC)CC(=O)NC(CO)C(O)CCCCCCCCCCCCCCC. The lowest BCUT2D eigenvalue weighted by atomic mass is 10.0. The van der Waals surface area contributed by atoms with E-state index in [1.54, 1.807) is 0 Å². The minimum atomic E-state index is -0.790. The van der Waals surface area contributed by atoms with Crippen LogP contribution in [0, 0.1) is 0 Å². The molecule has 6 nitrogen and oxygen atoms in total. The summed E-state index contributed by atoms with van der Waals surface area (Å²) in [7, 11) is 0. The zero-order chi connectivity index (χ0) is 38.2. The molecule has 3 atom stereocenters. The maximum absolute atomic E-state index is 13.0. The Hall–Kier alpha value is -2.18. The number of unbranched alkanes of at least 4 members (excludes halogenated alkanes) is 21. The molecule has 0 radical (unpaired) electrons. The van der Waals surface area contributed by atoms with Gasteiger partial charge in [0.25, 0.3) is 0 Å². The maximum Gasteiger partial charge on any atom is 0.306 e. The molecule has 0 spiro atoms. The number of nitrogens with one attached hydrogen (secondary N) is 1. The predicted octanol–water partition coefficient (Wildman–Crippen LogP) is 12.3. The average molecular weight is 730 g/mol. The Labute approximate surface area is 321 Å². The molecule has 1 amide bonds. The van der Waals surface area contributed by atoms with Crippen LogP contribution in [0.2, 0.25) is 0 Å². The van der Waals surface area contributed by atoms with E-state index in [9.17, 15) is 19.8 Å². The highest BCUT2D eigenvalue weighted by atomic mass is 16.5. The fourth-order valence-electron chi connectivity index (χ4n) is 6.44. The van der Waals surface area contributed by atoms with Gasteiger partial charge in [0.1, 0.15) is 6.10 Å². The molecule has 302 valence electrons. The van der Waals surface area contributed by atoms with E-state index in [-0.39, 0.29) is 24.9 Å². The third-order valence-corrected chi connectivity index (χ3v) is 9.77. The summed E-state index contributed by atoms with van der Waals surface area (Å²) < 4.78 is 5.84. The molecule has 6 heteroatoms. The molecule has 0 aliphatic heterocycles. The lowest BCUT2D eigenvalue weighted by Gasteiger charge is -2.24. The summed E-state index contributed by atoms with van der Waals surface area (Å²) in [5.41, 5.74) is 0. The van der Waals surface area contributed by atoms with Gasteiger partial charge in [-0.25, -0.2) is 0 Å². The first-order valence-electron chi connectivity index (χ1n) is 21.9. The van der Waals surface area contributed by atoms with Crippen molar-refractivity contribution in [3.8, 4) is 0 Å². The molecule has 0 saturated carbocycles. The highest BCUT2D eigenvalue weighted by Crippen LogP contribution is 2.17. The molecule has 0 fully saturated rings. The Kier molecular flexibility index (Phi) is 38.3. The summed E-state index contributed by atoms with van der Waals surface area (Å²) in [4.78, 5) is 25.8. The van der Waals surface area contributed by atoms with E-state index in [1.165, 1.54) is 89.9 Å². The fraction of sp³-hybridized carbons (Fsp3) is 0.783. The maximum atomic E-state index is 13.0. The predicted molar refractivity (Wildman–Crippen MR) is 222 cm³/mol. The largest absolute Gasteiger partial charge is 0.462 e. The smallest absolute Gasteiger partial charge is 0.306 e. The normalized spacial score (nSPS) is 13.9. The van der Waals surface area contributed by atoms with E-state index in [2.05, 4.69) is 44.3 Å². The summed E-state index contributed by atoms with van der Waals surface area (Å²) in [6.07, 6.45) is 46.1. The number of carbonyl (C=O) groups is 2. The van der Waals surface area contributed by atoms with Gasteiger partial charge in [-0.1, -0.05) is 198 Å². The van der Waals surface area contributed by atoms with Crippen molar-refractivity contribution >= 4 is 11.9 Å². The van der Waals surface area contributed by atoms with Crippen LogP contribution < -0.4 is 5.32 Å². The van der Waals surface area contributed by atoms with Crippen molar-refractivity contribution in [3.05, 3.63) is 48.6 Å². The number of amides is 1. The van der Waals surface area contributed by atoms with Crippen molar-refractivity contribution in [2.24, 2.45) is 0 Å². The monoisotopic (exact) mass is 730 g/mol. The lowest BCUT2D eigenvalue weighted by molar-refractivity contribution is -0.151. The van der Waals surface area contributed by atoms with Gasteiger partial charge in [0.15, 0.2) is 0 Å². The standard InChI is InChI=1S/C46H83NO5/c1-4-7-10-13-16-18-20-22-24-26-29-32-35-38-44(49)43(41-48)47-45(50)40-42(37-34-31-28-15-12-9-6-3)52-46(51)39-36-33-30-27-25-23-21-19-17-14-11-8-5-2/h8,11,14,17,19,21,23,25,42-44,48-49H,4-7,9-10,12-13,15-16,18,20,22,24,26-41H2,1-3H3,(H,47,50)/b11-8+,17-14+,21-19-,25-23-. The van der Waals surface area contributed by atoms with E-state index in [1.807, 2.05) is 30.4 Å². The van der Waals surface area contributed by atoms with E-state index in [4.69, 9.17) is 4.74 Å². The first-order chi connectivity index (χ1) is 25.5. The number of aliphatic hydroxyl groups excluding tert-OH is 2. The summed E-state index contributed by atoms with van der Waals surface area (Å²) in [5, 5.41) is 23.6. The van der Waals surface area contributed by atoms with E-state index < -0.39 is 18.2 Å². The Morgan fingerprint density at radius 3 is 1.56 bits per heavy atom. The first-order valence-corrected chi connectivity index (χ1v) is 21.9. The Morgan fingerprint density at radius 2 is 1.04 bits per heavy atom. The number of hydrogen-bond acceptors (Lipinski definition) is 5.